The van der Waals surface area contributed by atoms with Crippen molar-refractivity contribution in [2.45, 2.75) is 64.5 Å². The van der Waals surface area contributed by atoms with Crippen molar-refractivity contribution in [1.82, 2.24) is 24.9 Å². The Labute approximate surface area is 216 Å². The molecule has 11 nitrogen and oxygen atoms in total. The fourth-order valence-electron chi connectivity index (χ4n) is 4.93. The number of amides is 1. The predicted molar refractivity (Wildman–Crippen MR) is 139 cm³/mol. The molecule has 12 heteroatoms. The van der Waals surface area contributed by atoms with Crippen molar-refractivity contribution in [3.8, 4) is 0 Å². The summed E-state index contributed by atoms with van der Waals surface area (Å²) in [6, 6.07) is 0. The summed E-state index contributed by atoms with van der Waals surface area (Å²) < 4.78 is 17.1. The first kappa shape index (κ1) is 31.1. The molecule has 1 amide bonds. The standard InChI is InChI=1S/C24H48N5O6P/c1-2-3-8-23(31)25-10-5-4-9-24(35-22-30)29-14-7-12-26-15-16-27(19-20-29)11-6-13-28(18-17-26)21-36(32,33)34/h22,24H,2-21H2,1H3,(H,25,31)(H2,32,33,34). The summed E-state index contributed by atoms with van der Waals surface area (Å²) in [5, 5.41) is 2.97. The topological polar surface area (TPSA) is 126 Å². The average molecular weight is 534 g/mol. The SMILES string of the molecule is CCCCC(=O)NCCCCC(OC=O)N1CCCN2CCN(CCCN(CP(=O)(O)O)CC2)CC1. The Hall–Kier alpha value is -1.07. The molecule has 0 aromatic rings. The minimum Gasteiger partial charge on any atom is -0.449 e. The van der Waals surface area contributed by atoms with Crippen LogP contribution >= 0.6 is 7.60 Å². The minimum atomic E-state index is -4.07. The van der Waals surface area contributed by atoms with Crippen LogP contribution in [0.25, 0.3) is 0 Å². The van der Waals surface area contributed by atoms with Gasteiger partial charge in [-0.2, -0.15) is 0 Å². The van der Waals surface area contributed by atoms with E-state index in [1.54, 1.807) is 0 Å². The Kier molecular flexibility index (Phi) is 15.1. The Morgan fingerprint density at radius 1 is 0.944 bits per heavy atom. The molecule has 0 aliphatic carbocycles. The highest BCUT2D eigenvalue weighted by atomic mass is 31.2. The maximum absolute atomic E-state index is 11.8. The van der Waals surface area contributed by atoms with Gasteiger partial charge in [0, 0.05) is 65.3 Å². The van der Waals surface area contributed by atoms with Gasteiger partial charge < -0.3 is 29.6 Å². The number of nitrogens with zero attached hydrogens (tertiary/aromatic N) is 4. The number of rotatable bonds is 13. The van der Waals surface area contributed by atoms with E-state index in [0.29, 0.717) is 32.5 Å². The molecule has 36 heavy (non-hydrogen) atoms. The van der Waals surface area contributed by atoms with Crippen molar-refractivity contribution >= 4 is 20.0 Å². The van der Waals surface area contributed by atoms with Crippen LogP contribution in [0.3, 0.4) is 0 Å². The van der Waals surface area contributed by atoms with E-state index in [0.717, 1.165) is 97.3 Å². The van der Waals surface area contributed by atoms with Crippen molar-refractivity contribution < 1.29 is 28.7 Å². The number of hydrogen-bond acceptors (Lipinski definition) is 8. The van der Waals surface area contributed by atoms with Crippen LogP contribution in [0.4, 0.5) is 0 Å². The van der Waals surface area contributed by atoms with Gasteiger partial charge in [0.05, 0.1) is 0 Å². The molecule has 2 fully saturated rings. The second-order valence-electron chi connectivity index (χ2n) is 9.99. The third kappa shape index (κ3) is 13.5. The van der Waals surface area contributed by atoms with Crippen molar-refractivity contribution in [1.29, 1.82) is 0 Å². The van der Waals surface area contributed by atoms with Crippen LogP contribution in [-0.4, -0.2) is 126 Å². The van der Waals surface area contributed by atoms with Gasteiger partial charge in [0.2, 0.25) is 5.91 Å². The fraction of sp³-hybridized carbons (Fsp3) is 0.917. The molecule has 210 valence electrons. The summed E-state index contributed by atoms with van der Waals surface area (Å²) >= 11 is 0. The molecule has 0 aromatic carbocycles. The summed E-state index contributed by atoms with van der Waals surface area (Å²) in [5.41, 5.74) is 0. The van der Waals surface area contributed by atoms with Gasteiger partial charge in [0.1, 0.15) is 6.29 Å². The number of unbranched alkanes of at least 4 members (excludes halogenated alkanes) is 2. The van der Waals surface area contributed by atoms with Crippen LogP contribution in [0.15, 0.2) is 0 Å². The van der Waals surface area contributed by atoms with Crippen molar-refractivity contribution in [3.63, 3.8) is 0 Å². The molecule has 3 unspecified atom stereocenters. The third-order valence-electron chi connectivity index (χ3n) is 7.00. The van der Waals surface area contributed by atoms with Crippen LogP contribution in [0.1, 0.15) is 58.3 Å². The fourth-order valence-corrected chi connectivity index (χ4v) is 5.74. The number of nitrogens with one attached hydrogen (secondary N) is 1. The van der Waals surface area contributed by atoms with E-state index in [1.807, 2.05) is 4.90 Å². The molecule has 2 bridgehead atoms. The molecular weight excluding hydrogens is 485 g/mol. The normalized spacial score (nSPS) is 24.1. The van der Waals surface area contributed by atoms with Crippen LogP contribution in [-0.2, 0) is 18.9 Å². The van der Waals surface area contributed by atoms with Gasteiger partial charge in [-0.05, 0) is 51.6 Å². The molecule has 3 N–H and O–H groups in total. The lowest BCUT2D eigenvalue weighted by molar-refractivity contribution is -0.144. The highest BCUT2D eigenvalue weighted by Gasteiger charge is 2.24. The van der Waals surface area contributed by atoms with E-state index >= 15 is 0 Å². The van der Waals surface area contributed by atoms with Crippen LogP contribution < -0.4 is 5.32 Å². The molecule has 2 rings (SSSR count). The van der Waals surface area contributed by atoms with Crippen LogP contribution in [0, 0.1) is 0 Å². The van der Waals surface area contributed by atoms with Crippen molar-refractivity contribution in [2.24, 2.45) is 0 Å². The largest absolute Gasteiger partial charge is 0.449 e. The zero-order valence-electron chi connectivity index (χ0n) is 22.1. The van der Waals surface area contributed by atoms with E-state index in [1.165, 1.54) is 0 Å². The molecule has 3 atom stereocenters. The van der Waals surface area contributed by atoms with E-state index in [-0.39, 0.29) is 18.4 Å². The lowest BCUT2D eigenvalue weighted by atomic mass is 10.1. The Morgan fingerprint density at radius 3 is 2.28 bits per heavy atom. The third-order valence-corrected chi connectivity index (χ3v) is 7.77. The average Bonchev–Trinajstić information content (AvgIpc) is 2.83. The molecule has 0 radical (unpaired) electrons. The first-order valence-electron chi connectivity index (χ1n) is 13.6. The second kappa shape index (κ2) is 17.4. The van der Waals surface area contributed by atoms with Gasteiger partial charge in [0.25, 0.3) is 6.47 Å². The minimum absolute atomic E-state index is 0.108. The number of fused-ring (bicyclic) bond motifs is 3. The lowest BCUT2D eigenvalue weighted by Crippen LogP contribution is -2.49. The first-order valence-corrected chi connectivity index (χ1v) is 15.4. The molecular formula is C24H48N5O6P. The number of carbonyl (C=O) groups is 2. The first-order chi connectivity index (χ1) is 17.3. The van der Waals surface area contributed by atoms with Gasteiger partial charge in [-0.25, -0.2) is 0 Å². The Bertz CT molecular complexity index is 681. The zero-order chi connectivity index (χ0) is 26.2. The zero-order valence-corrected chi connectivity index (χ0v) is 23.0. The maximum atomic E-state index is 11.8. The molecule has 2 aliphatic heterocycles. The molecule has 0 aromatic heterocycles. The van der Waals surface area contributed by atoms with E-state index in [4.69, 9.17) is 4.74 Å². The monoisotopic (exact) mass is 533 g/mol. The quantitative estimate of drug-likeness (QED) is 0.180. The van der Waals surface area contributed by atoms with Gasteiger partial charge in [-0.1, -0.05) is 13.3 Å². The van der Waals surface area contributed by atoms with Gasteiger partial charge in [-0.15, -0.1) is 0 Å². The highest BCUT2D eigenvalue weighted by molar-refractivity contribution is 7.51. The Morgan fingerprint density at radius 2 is 1.61 bits per heavy atom. The van der Waals surface area contributed by atoms with Gasteiger partial charge in [-0.3, -0.25) is 24.0 Å². The van der Waals surface area contributed by atoms with E-state index < -0.39 is 7.60 Å². The number of hydrogen-bond donors (Lipinski definition) is 3. The summed E-state index contributed by atoms with van der Waals surface area (Å²) in [5.74, 6) is 0.108. The summed E-state index contributed by atoms with van der Waals surface area (Å²) in [7, 11) is -4.07. The van der Waals surface area contributed by atoms with Crippen LogP contribution in [0.5, 0.6) is 0 Å². The number of carbonyl (C=O) groups excluding carboxylic acids is 2. The van der Waals surface area contributed by atoms with Gasteiger partial charge in [0.15, 0.2) is 6.23 Å². The predicted octanol–water partition coefficient (Wildman–Crippen LogP) is 1.11. The summed E-state index contributed by atoms with van der Waals surface area (Å²) in [4.78, 5) is 50.9. The van der Waals surface area contributed by atoms with Crippen molar-refractivity contribution in [2.75, 3.05) is 78.3 Å². The number of ether oxygens (including phenoxy) is 1. The molecule has 2 saturated heterocycles. The highest BCUT2D eigenvalue weighted by Crippen LogP contribution is 2.35. The Balaban J connectivity index is 1.88. The summed E-state index contributed by atoms with van der Waals surface area (Å²) in [6.45, 7) is 11.5. The molecule has 2 heterocycles. The van der Waals surface area contributed by atoms with Gasteiger partial charge >= 0.3 is 7.60 Å². The molecule has 0 spiro atoms. The molecule has 2 aliphatic rings. The maximum Gasteiger partial charge on any atom is 0.339 e. The van der Waals surface area contributed by atoms with Crippen LogP contribution in [0.2, 0.25) is 0 Å². The summed E-state index contributed by atoms with van der Waals surface area (Å²) in [6.07, 6.45) is 6.32. The smallest absolute Gasteiger partial charge is 0.339 e. The van der Waals surface area contributed by atoms with Crippen molar-refractivity contribution in [3.05, 3.63) is 0 Å². The molecule has 0 saturated carbocycles. The second-order valence-corrected chi connectivity index (χ2v) is 11.6. The lowest BCUT2D eigenvalue weighted by Gasteiger charge is -2.37. The van der Waals surface area contributed by atoms with E-state index in [2.05, 4.69) is 26.9 Å². The van der Waals surface area contributed by atoms with E-state index in [9.17, 15) is 23.9 Å².